The van der Waals surface area contributed by atoms with Crippen molar-refractivity contribution in [1.29, 1.82) is 0 Å². The molecule has 3 heteroatoms. The van der Waals surface area contributed by atoms with Crippen LogP contribution >= 0.6 is 23.2 Å². The summed E-state index contributed by atoms with van der Waals surface area (Å²) in [6.45, 7) is 1.15. The van der Waals surface area contributed by atoms with Gasteiger partial charge in [0, 0.05) is 12.6 Å². The number of hydrogen-bond acceptors (Lipinski definition) is 1. The van der Waals surface area contributed by atoms with Gasteiger partial charge in [0.2, 0.25) is 0 Å². The zero-order valence-corrected chi connectivity index (χ0v) is 14.2. The Hall–Kier alpha value is -1.02. The largest absolute Gasteiger partial charge is 0.299 e. The number of rotatable bonds is 3. The van der Waals surface area contributed by atoms with Crippen molar-refractivity contribution in [1.82, 2.24) is 4.90 Å². The van der Waals surface area contributed by atoms with Gasteiger partial charge in [-0.1, -0.05) is 41.4 Å². The van der Waals surface area contributed by atoms with Gasteiger partial charge in [-0.2, -0.15) is 0 Å². The number of hydrogen-bond donors (Lipinski definition) is 0. The van der Waals surface area contributed by atoms with E-state index in [0.29, 0.717) is 16.1 Å². The Morgan fingerprint density at radius 2 is 1.86 bits per heavy atom. The molecule has 1 nitrogen and oxygen atoms in total. The first kappa shape index (κ1) is 14.6. The van der Waals surface area contributed by atoms with Gasteiger partial charge in [-0.3, -0.25) is 4.90 Å². The van der Waals surface area contributed by atoms with Gasteiger partial charge in [-0.15, -0.1) is 0 Å². The molecule has 1 aliphatic carbocycles. The van der Waals surface area contributed by atoms with E-state index in [1.54, 1.807) is 22.3 Å². The topological polar surface area (TPSA) is 3.24 Å². The van der Waals surface area contributed by atoms with Crippen molar-refractivity contribution in [2.75, 3.05) is 13.6 Å². The summed E-state index contributed by atoms with van der Waals surface area (Å²) in [5.41, 5.74) is 7.49. The summed E-state index contributed by atoms with van der Waals surface area (Å²) in [7, 11) is 2.24. The lowest BCUT2D eigenvalue weighted by Gasteiger charge is -2.34. The van der Waals surface area contributed by atoms with Crippen LogP contribution in [0.4, 0.5) is 0 Å². The Morgan fingerprint density at radius 3 is 2.68 bits per heavy atom. The first-order chi connectivity index (χ1) is 10.6. The molecular weight excluding hydrogens is 313 g/mol. The lowest BCUT2D eigenvalue weighted by Crippen LogP contribution is -2.32. The molecular formula is C19H19Cl2N. The molecule has 0 fully saturated rings. The summed E-state index contributed by atoms with van der Waals surface area (Å²) in [5.74, 6) is 0. The van der Waals surface area contributed by atoms with Crippen LogP contribution in [0.2, 0.25) is 10.0 Å². The number of likely N-dealkylation sites (N-methyl/N-ethyl adjacent to an activating group) is 1. The minimum atomic E-state index is 0.518. The van der Waals surface area contributed by atoms with Gasteiger partial charge in [0.25, 0.3) is 0 Å². The van der Waals surface area contributed by atoms with Crippen LogP contribution in [0.15, 0.2) is 30.3 Å². The van der Waals surface area contributed by atoms with Gasteiger partial charge >= 0.3 is 0 Å². The van der Waals surface area contributed by atoms with Crippen molar-refractivity contribution in [3.8, 4) is 0 Å². The summed E-state index contributed by atoms with van der Waals surface area (Å²) in [6, 6.07) is 11.4. The lowest BCUT2D eigenvalue weighted by molar-refractivity contribution is 0.219. The van der Waals surface area contributed by atoms with E-state index in [1.807, 2.05) is 12.1 Å². The minimum absolute atomic E-state index is 0.518. The molecule has 0 amide bonds. The van der Waals surface area contributed by atoms with Crippen molar-refractivity contribution in [2.45, 2.75) is 31.7 Å². The van der Waals surface area contributed by atoms with Crippen LogP contribution < -0.4 is 0 Å². The molecule has 1 heterocycles. The number of benzene rings is 2. The normalized spacial score (nSPS) is 19.7. The molecule has 0 saturated heterocycles. The maximum Gasteiger partial charge on any atom is 0.0595 e. The highest BCUT2D eigenvalue weighted by atomic mass is 35.5. The van der Waals surface area contributed by atoms with E-state index in [1.165, 1.54) is 18.4 Å². The predicted octanol–water partition coefficient (Wildman–Crippen LogP) is 5.06. The Kier molecular flexibility index (Phi) is 3.68. The second-order valence-electron chi connectivity index (χ2n) is 6.53. The summed E-state index contributed by atoms with van der Waals surface area (Å²) < 4.78 is 0. The Labute approximate surface area is 141 Å². The van der Waals surface area contributed by atoms with Gasteiger partial charge in [0.05, 0.1) is 10.0 Å². The predicted molar refractivity (Wildman–Crippen MR) is 93.1 cm³/mol. The van der Waals surface area contributed by atoms with Gasteiger partial charge in [-0.25, -0.2) is 0 Å². The fourth-order valence-corrected chi connectivity index (χ4v) is 3.93. The molecule has 2 aliphatic rings. The molecule has 1 unspecified atom stereocenters. The zero-order chi connectivity index (χ0) is 15.3. The quantitative estimate of drug-likeness (QED) is 0.648. The van der Waals surface area contributed by atoms with Crippen LogP contribution in [0, 0.1) is 0 Å². The first-order valence-electron chi connectivity index (χ1n) is 7.90. The van der Waals surface area contributed by atoms with Crippen molar-refractivity contribution < 1.29 is 0 Å². The molecule has 1 atom stereocenters. The van der Waals surface area contributed by atoms with Crippen molar-refractivity contribution in [3.63, 3.8) is 0 Å². The van der Waals surface area contributed by atoms with E-state index in [4.69, 9.17) is 23.2 Å². The van der Waals surface area contributed by atoms with Crippen LogP contribution in [0.25, 0.3) is 0 Å². The molecule has 0 radical (unpaired) electrons. The van der Waals surface area contributed by atoms with Crippen molar-refractivity contribution in [2.24, 2.45) is 0 Å². The summed E-state index contributed by atoms with van der Waals surface area (Å²) in [4.78, 5) is 2.49. The number of nitrogens with zero attached hydrogens (tertiary/aromatic N) is 1. The Bertz CT molecular complexity index is 738. The molecule has 2 aromatic rings. The molecule has 114 valence electrons. The fourth-order valence-electron chi connectivity index (χ4n) is 3.61. The Morgan fingerprint density at radius 1 is 1.05 bits per heavy atom. The van der Waals surface area contributed by atoms with E-state index < -0.39 is 0 Å². The van der Waals surface area contributed by atoms with E-state index in [-0.39, 0.29) is 0 Å². The lowest BCUT2D eigenvalue weighted by atomic mass is 9.89. The molecule has 4 rings (SSSR count). The third kappa shape index (κ3) is 2.67. The third-order valence-electron chi connectivity index (χ3n) is 5.03. The molecule has 1 aliphatic heterocycles. The second-order valence-corrected chi connectivity index (χ2v) is 7.34. The summed E-state index contributed by atoms with van der Waals surface area (Å²) >= 11 is 12.1. The highest BCUT2D eigenvalue weighted by Gasteiger charge is 2.28. The summed E-state index contributed by atoms with van der Waals surface area (Å²) in [6.07, 6.45) is 4.54. The highest BCUT2D eigenvalue weighted by molar-refractivity contribution is 6.42. The fraction of sp³-hybridized carbons (Fsp3) is 0.368. The average Bonchev–Trinajstić information content (AvgIpc) is 3.26. The van der Waals surface area contributed by atoms with Crippen LogP contribution in [0.5, 0.6) is 0 Å². The van der Waals surface area contributed by atoms with E-state index in [2.05, 4.69) is 30.1 Å². The monoisotopic (exact) mass is 331 g/mol. The van der Waals surface area contributed by atoms with Crippen molar-refractivity contribution in [3.05, 3.63) is 68.2 Å². The van der Waals surface area contributed by atoms with E-state index >= 15 is 0 Å². The van der Waals surface area contributed by atoms with Gasteiger partial charge in [-0.05, 0) is 72.7 Å². The van der Waals surface area contributed by atoms with Crippen LogP contribution in [0.3, 0.4) is 0 Å². The smallest absolute Gasteiger partial charge is 0.0595 e. The second kappa shape index (κ2) is 5.56. The first-order valence-corrected chi connectivity index (χ1v) is 8.66. The third-order valence-corrected chi connectivity index (χ3v) is 5.77. The summed E-state index contributed by atoms with van der Waals surface area (Å²) in [5, 5.41) is 1.29. The van der Waals surface area contributed by atoms with Crippen LogP contribution in [-0.2, 0) is 19.3 Å². The van der Waals surface area contributed by atoms with E-state index in [9.17, 15) is 0 Å². The van der Waals surface area contributed by atoms with Gasteiger partial charge in [0.1, 0.15) is 0 Å². The average molecular weight is 332 g/mol. The van der Waals surface area contributed by atoms with Crippen LogP contribution in [0.1, 0.15) is 40.3 Å². The molecule has 0 N–H and O–H groups in total. The van der Waals surface area contributed by atoms with Gasteiger partial charge in [0.15, 0.2) is 0 Å². The molecule has 0 aromatic heterocycles. The SMILES string of the molecule is CN1CCc2cc3c(cc2C1CCc1ccc(Cl)c(Cl)c1)C3. The Balaban J connectivity index is 1.55. The number of fused-ring (bicyclic) bond motifs is 2. The van der Waals surface area contributed by atoms with E-state index in [0.717, 1.165) is 19.4 Å². The van der Waals surface area contributed by atoms with Crippen LogP contribution in [-0.4, -0.2) is 18.5 Å². The minimum Gasteiger partial charge on any atom is -0.299 e. The maximum atomic E-state index is 6.13. The maximum absolute atomic E-state index is 6.13. The highest BCUT2D eigenvalue weighted by Crippen LogP contribution is 2.39. The molecule has 0 bridgehead atoms. The van der Waals surface area contributed by atoms with Crippen molar-refractivity contribution >= 4 is 23.2 Å². The molecule has 2 aromatic carbocycles. The zero-order valence-electron chi connectivity index (χ0n) is 12.7. The van der Waals surface area contributed by atoms with Gasteiger partial charge < -0.3 is 0 Å². The molecule has 22 heavy (non-hydrogen) atoms. The molecule has 0 saturated carbocycles. The standard InChI is InChI=1S/C19H19Cl2N/c1-22-7-6-13-9-14-10-15(14)11-16(13)19(22)5-3-12-2-4-17(20)18(21)8-12/h2,4,8-9,11,19H,3,5-7,10H2,1H3. The molecule has 0 spiro atoms. The number of aryl methyl sites for hydroxylation is 1. The number of halogens is 2.